The molecule has 0 saturated heterocycles. The van der Waals surface area contributed by atoms with Crippen LogP contribution in [0.2, 0.25) is 0 Å². The van der Waals surface area contributed by atoms with Crippen LogP contribution in [-0.2, 0) is 6.42 Å². The Kier molecular flexibility index (Phi) is 2.72. The molecule has 0 aromatic heterocycles. The average Bonchev–Trinajstić information content (AvgIpc) is 2.27. The van der Waals surface area contributed by atoms with Crippen LogP contribution in [0.1, 0.15) is 12.0 Å². The molecule has 2 amide bonds. The van der Waals surface area contributed by atoms with Gasteiger partial charge in [-0.05, 0) is 29.9 Å². The minimum atomic E-state index is -0.834. The van der Waals surface area contributed by atoms with E-state index in [1.165, 1.54) is 4.90 Å². The highest BCUT2D eigenvalue weighted by Crippen LogP contribution is 2.26. The van der Waals surface area contributed by atoms with Gasteiger partial charge in [0.05, 0.1) is 0 Å². The Labute approximate surface area is 92.0 Å². The summed E-state index contributed by atoms with van der Waals surface area (Å²) in [6.45, 7) is 0.511. The van der Waals surface area contributed by atoms with Crippen molar-refractivity contribution in [2.24, 2.45) is 0 Å². The van der Waals surface area contributed by atoms with Crippen molar-refractivity contribution in [1.82, 2.24) is 5.43 Å². The molecular formula is C10H11N3O3. The summed E-state index contributed by atoms with van der Waals surface area (Å²) in [5.41, 5.74) is 3.47. The van der Waals surface area contributed by atoms with Gasteiger partial charge in [-0.2, -0.15) is 0 Å². The maximum atomic E-state index is 11.5. The second kappa shape index (κ2) is 4.18. The number of carbonyl (C=O) groups excluding carboxylic acids is 1. The Morgan fingerprint density at radius 2 is 2.19 bits per heavy atom. The number of anilines is 1. The lowest BCUT2D eigenvalue weighted by molar-refractivity contribution is -0.527. The average molecular weight is 221 g/mol. The number of nitro groups is 1. The van der Waals surface area contributed by atoms with Gasteiger partial charge < -0.3 is 0 Å². The van der Waals surface area contributed by atoms with Crippen molar-refractivity contribution in [1.29, 1.82) is 0 Å². The van der Waals surface area contributed by atoms with E-state index >= 15 is 0 Å². The van der Waals surface area contributed by atoms with E-state index in [1.807, 2.05) is 18.2 Å². The maximum absolute atomic E-state index is 11.5. The second-order valence-corrected chi connectivity index (χ2v) is 3.56. The number of rotatable bonds is 1. The summed E-state index contributed by atoms with van der Waals surface area (Å²) in [5, 5.41) is 9.38. The van der Waals surface area contributed by atoms with E-state index < -0.39 is 11.1 Å². The van der Waals surface area contributed by atoms with E-state index in [9.17, 15) is 14.9 Å². The van der Waals surface area contributed by atoms with Crippen LogP contribution in [0.25, 0.3) is 0 Å². The van der Waals surface area contributed by atoms with Gasteiger partial charge in [-0.1, -0.05) is 18.2 Å². The number of fused-ring (bicyclic) bond motifs is 1. The molecule has 1 aliphatic rings. The van der Waals surface area contributed by atoms with Gasteiger partial charge in [0, 0.05) is 12.2 Å². The number of carbonyl (C=O) groups is 1. The van der Waals surface area contributed by atoms with E-state index in [2.05, 4.69) is 0 Å². The number of amides is 2. The SMILES string of the molecule is O=C(N[N+](=O)[O-])N1CCCc2ccccc21. The van der Waals surface area contributed by atoms with Gasteiger partial charge in [-0.15, -0.1) is 0 Å². The Morgan fingerprint density at radius 3 is 2.94 bits per heavy atom. The number of urea groups is 1. The monoisotopic (exact) mass is 221 g/mol. The lowest BCUT2D eigenvalue weighted by atomic mass is 10.0. The van der Waals surface area contributed by atoms with E-state index in [-0.39, 0.29) is 0 Å². The molecule has 2 rings (SSSR count). The fraction of sp³-hybridized carbons (Fsp3) is 0.300. The third-order valence-electron chi connectivity index (χ3n) is 2.54. The molecule has 6 heteroatoms. The predicted octanol–water partition coefficient (Wildman–Crippen LogP) is 1.34. The topological polar surface area (TPSA) is 75.5 Å². The largest absolute Gasteiger partial charge is 0.379 e. The first-order chi connectivity index (χ1) is 7.68. The third kappa shape index (κ3) is 1.95. The van der Waals surface area contributed by atoms with Gasteiger partial charge in [0.25, 0.3) is 0 Å². The van der Waals surface area contributed by atoms with Crippen molar-refractivity contribution in [3.8, 4) is 0 Å². The smallest absolute Gasteiger partial charge is 0.290 e. The molecule has 0 saturated carbocycles. The molecule has 1 aliphatic heterocycles. The minimum Gasteiger partial charge on any atom is -0.290 e. The molecule has 6 nitrogen and oxygen atoms in total. The highest BCUT2D eigenvalue weighted by atomic mass is 16.7. The zero-order chi connectivity index (χ0) is 11.5. The molecule has 1 heterocycles. The molecule has 0 radical (unpaired) electrons. The molecule has 1 aromatic rings. The molecule has 1 N–H and O–H groups in total. The van der Waals surface area contributed by atoms with Crippen LogP contribution in [0.3, 0.4) is 0 Å². The van der Waals surface area contributed by atoms with Gasteiger partial charge in [0.1, 0.15) is 0 Å². The lowest BCUT2D eigenvalue weighted by Gasteiger charge is -2.27. The number of hydrogen-bond acceptors (Lipinski definition) is 3. The van der Waals surface area contributed by atoms with E-state index in [4.69, 9.17) is 0 Å². The number of para-hydroxylation sites is 1. The Balaban J connectivity index is 2.24. The lowest BCUT2D eigenvalue weighted by Crippen LogP contribution is -2.45. The summed E-state index contributed by atoms with van der Waals surface area (Å²) in [7, 11) is 0. The number of hydrogen-bond donors (Lipinski definition) is 1. The normalized spacial score (nSPS) is 14.1. The first kappa shape index (κ1) is 10.4. The number of aryl methyl sites for hydroxylation is 1. The van der Waals surface area contributed by atoms with Crippen molar-refractivity contribution in [3.05, 3.63) is 39.9 Å². The summed E-state index contributed by atoms with van der Waals surface area (Å²) >= 11 is 0. The van der Waals surface area contributed by atoms with Crippen LogP contribution >= 0.6 is 0 Å². The van der Waals surface area contributed by atoms with Gasteiger partial charge in [0.15, 0.2) is 5.03 Å². The molecule has 84 valence electrons. The van der Waals surface area contributed by atoms with Crippen LogP contribution in [0.4, 0.5) is 10.5 Å². The van der Waals surface area contributed by atoms with E-state index in [0.29, 0.717) is 6.54 Å². The van der Waals surface area contributed by atoms with Crippen LogP contribution in [0.15, 0.2) is 24.3 Å². The first-order valence-corrected chi connectivity index (χ1v) is 4.99. The number of benzene rings is 1. The molecule has 1 aromatic carbocycles. The summed E-state index contributed by atoms with van der Waals surface area (Å²) in [4.78, 5) is 23.2. The van der Waals surface area contributed by atoms with Crippen molar-refractivity contribution in [2.45, 2.75) is 12.8 Å². The van der Waals surface area contributed by atoms with E-state index in [0.717, 1.165) is 24.1 Å². The maximum Gasteiger partial charge on any atom is 0.379 e. The van der Waals surface area contributed by atoms with Crippen molar-refractivity contribution >= 4 is 11.7 Å². The van der Waals surface area contributed by atoms with Crippen LogP contribution in [0, 0.1) is 10.1 Å². The minimum absolute atomic E-state index is 0.511. The molecule has 0 unspecified atom stereocenters. The van der Waals surface area contributed by atoms with Gasteiger partial charge in [-0.25, -0.2) is 14.9 Å². The molecule has 0 fully saturated rings. The molecule has 16 heavy (non-hydrogen) atoms. The molecule has 0 spiro atoms. The molecular weight excluding hydrogens is 210 g/mol. The predicted molar refractivity (Wildman–Crippen MR) is 57.6 cm³/mol. The quantitative estimate of drug-likeness (QED) is 0.574. The highest BCUT2D eigenvalue weighted by molar-refractivity contribution is 5.92. The molecule has 0 aliphatic carbocycles. The van der Waals surface area contributed by atoms with Crippen molar-refractivity contribution in [2.75, 3.05) is 11.4 Å². The molecule has 0 bridgehead atoms. The van der Waals surface area contributed by atoms with Crippen molar-refractivity contribution < 1.29 is 9.83 Å². The van der Waals surface area contributed by atoms with Gasteiger partial charge in [-0.3, -0.25) is 4.90 Å². The zero-order valence-electron chi connectivity index (χ0n) is 8.55. The summed E-state index contributed by atoms with van der Waals surface area (Å²) in [6, 6.07) is 6.76. The number of nitrogens with one attached hydrogen (secondary N) is 1. The Bertz CT molecular complexity index is 433. The second-order valence-electron chi connectivity index (χ2n) is 3.56. The molecule has 0 atom stereocenters. The Morgan fingerprint density at radius 1 is 1.44 bits per heavy atom. The fourth-order valence-corrected chi connectivity index (χ4v) is 1.88. The van der Waals surface area contributed by atoms with Gasteiger partial charge in [0.2, 0.25) is 0 Å². The van der Waals surface area contributed by atoms with Gasteiger partial charge >= 0.3 is 6.03 Å². The summed E-state index contributed by atoms with van der Waals surface area (Å²) < 4.78 is 0. The fourth-order valence-electron chi connectivity index (χ4n) is 1.88. The van der Waals surface area contributed by atoms with Crippen LogP contribution in [0.5, 0.6) is 0 Å². The third-order valence-corrected chi connectivity index (χ3v) is 2.54. The summed E-state index contributed by atoms with van der Waals surface area (Å²) in [5.74, 6) is 0. The Hall–Kier alpha value is -2.11. The highest BCUT2D eigenvalue weighted by Gasteiger charge is 2.24. The zero-order valence-corrected chi connectivity index (χ0v) is 8.55. The van der Waals surface area contributed by atoms with E-state index in [1.54, 1.807) is 11.5 Å². The summed E-state index contributed by atoms with van der Waals surface area (Å²) in [6.07, 6.45) is 1.72. The van der Waals surface area contributed by atoms with Crippen LogP contribution in [-0.4, -0.2) is 17.6 Å². The first-order valence-electron chi connectivity index (χ1n) is 4.99. The van der Waals surface area contributed by atoms with Crippen LogP contribution < -0.4 is 10.3 Å². The standard InChI is InChI=1S/C10H11N3O3/c14-10(11-13(15)16)12-7-3-5-8-4-1-2-6-9(8)12/h1-2,4,6H,3,5,7H2,(H,11,14). The number of hydrazine groups is 1. The van der Waals surface area contributed by atoms with Crippen molar-refractivity contribution in [3.63, 3.8) is 0 Å². The number of nitrogens with zero attached hydrogens (tertiary/aromatic N) is 2.